The number of ether oxygens (including phenoxy) is 1. The summed E-state index contributed by atoms with van der Waals surface area (Å²) in [5.74, 6) is 0. The van der Waals surface area contributed by atoms with Crippen molar-refractivity contribution in [3.8, 4) is 0 Å². The van der Waals surface area contributed by atoms with E-state index in [9.17, 15) is 8.42 Å². The number of hydrogen-bond acceptors (Lipinski definition) is 4. The molecule has 0 rings (SSSR count). The number of hydrogen-bond donors (Lipinski definition) is 2. The zero-order chi connectivity index (χ0) is 11.0. The van der Waals surface area contributed by atoms with E-state index in [0.29, 0.717) is 0 Å². The van der Waals surface area contributed by atoms with Crippen LogP contribution in [-0.2, 0) is 14.9 Å². The molecule has 0 amide bonds. The standard InChI is InChI=1S/C8H19NO4S/c1-3-4-5-9-6-8(7-13-2)14(10,11)12/h8-9H,3-7H2,1-2H3,(H,10,11,12). The van der Waals surface area contributed by atoms with Gasteiger partial charge in [0.05, 0.1) is 6.61 Å². The van der Waals surface area contributed by atoms with Crippen LogP contribution >= 0.6 is 0 Å². The van der Waals surface area contributed by atoms with E-state index in [0.717, 1.165) is 19.4 Å². The molecule has 5 nitrogen and oxygen atoms in total. The molecule has 0 saturated carbocycles. The number of methoxy groups -OCH3 is 1. The third-order valence-electron chi connectivity index (χ3n) is 1.85. The summed E-state index contributed by atoms with van der Waals surface area (Å²) in [4.78, 5) is 0. The number of rotatable bonds is 8. The minimum atomic E-state index is -4.00. The highest BCUT2D eigenvalue weighted by atomic mass is 32.2. The summed E-state index contributed by atoms with van der Waals surface area (Å²) < 4.78 is 35.2. The van der Waals surface area contributed by atoms with Gasteiger partial charge in [0, 0.05) is 13.7 Å². The summed E-state index contributed by atoms with van der Waals surface area (Å²) in [5, 5.41) is 2.09. The Labute approximate surface area is 85.6 Å². The second-order valence-electron chi connectivity index (χ2n) is 3.15. The Morgan fingerprint density at radius 1 is 1.50 bits per heavy atom. The van der Waals surface area contributed by atoms with Crippen molar-refractivity contribution in [2.45, 2.75) is 25.0 Å². The van der Waals surface area contributed by atoms with Gasteiger partial charge in [0.1, 0.15) is 5.25 Å². The van der Waals surface area contributed by atoms with Crippen LogP contribution in [0.1, 0.15) is 19.8 Å². The van der Waals surface area contributed by atoms with Gasteiger partial charge in [-0.05, 0) is 13.0 Å². The van der Waals surface area contributed by atoms with Crippen molar-refractivity contribution in [2.75, 3.05) is 26.8 Å². The molecule has 1 atom stereocenters. The first-order chi connectivity index (χ1) is 6.52. The van der Waals surface area contributed by atoms with Gasteiger partial charge in [-0.25, -0.2) is 0 Å². The van der Waals surface area contributed by atoms with E-state index in [-0.39, 0.29) is 13.2 Å². The topological polar surface area (TPSA) is 75.6 Å². The molecular weight excluding hydrogens is 206 g/mol. The highest BCUT2D eigenvalue weighted by molar-refractivity contribution is 7.86. The maximum atomic E-state index is 10.8. The van der Waals surface area contributed by atoms with Crippen LogP contribution in [0, 0.1) is 0 Å². The molecule has 0 spiro atoms. The van der Waals surface area contributed by atoms with Crippen LogP contribution in [0.15, 0.2) is 0 Å². The SMILES string of the molecule is CCCCNCC(COC)S(=O)(=O)O. The van der Waals surface area contributed by atoms with Crippen molar-refractivity contribution >= 4 is 10.1 Å². The van der Waals surface area contributed by atoms with Gasteiger partial charge in [0.25, 0.3) is 10.1 Å². The molecule has 0 bridgehead atoms. The molecular formula is C8H19NO4S. The number of nitrogens with one attached hydrogen (secondary N) is 1. The summed E-state index contributed by atoms with van der Waals surface area (Å²) in [6.07, 6.45) is 2.04. The lowest BCUT2D eigenvalue weighted by molar-refractivity contribution is 0.193. The Morgan fingerprint density at radius 2 is 2.14 bits per heavy atom. The summed E-state index contributed by atoms with van der Waals surface area (Å²) in [6, 6.07) is 0. The zero-order valence-electron chi connectivity index (χ0n) is 8.69. The van der Waals surface area contributed by atoms with Gasteiger partial charge in [-0.1, -0.05) is 13.3 Å². The normalized spacial score (nSPS) is 14.2. The van der Waals surface area contributed by atoms with E-state index < -0.39 is 15.4 Å². The van der Waals surface area contributed by atoms with Gasteiger partial charge in [-0.2, -0.15) is 8.42 Å². The summed E-state index contributed by atoms with van der Waals surface area (Å²) in [7, 11) is -2.59. The van der Waals surface area contributed by atoms with Crippen molar-refractivity contribution in [3.05, 3.63) is 0 Å². The highest BCUT2D eigenvalue weighted by Gasteiger charge is 2.21. The Hall–Kier alpha value is -0.170. The van der Waals surface area contributed by atoms with Gasteiger partial charge in [0.15, 0.2) is 0 Å². The molecule has 6 heteroatoms. The fraction of sp³-hybridized carbons (Fsp3) is 1.00. The molecule has 86 valence electrons. The van der Waals surface area contributed by atoms with Gasteiger partial charge < -0.3 is 10.1 Å². The largest absolute Gasteiger partial charge is 0.383 e. The van der Waals surface area contributed by atoms with Crippen molar-refractivity contribution in [3.63, 3.8) is 0 Å². The minimum absolute atomic E-state index is 0.0119. The van der Waals surface area contributed by atoms with E-state index >= 15 is 0 Å². The fourth-order valence-corrected chi connectivity index (χ4v) is 1.64. The van der Waals surface area contributed by atoms with Crippen molar-refractivity contribution in [1.29, 1.82) is 0 Å². The predicted octanol–water partition coefficient (Wildman–Crippen LogP) is 0.279. The molecule has 0 aliphatic rings. The van der Waals surface area contributed by atoms with Gasteiger partial charge >= 0.3 is 0 Å². The van der Waals surface area contributed by atoms with Crippen molar-refractivity contribution in [2.24, 2.45) is 0 Å². The Bertz CT molecular complexity index is 227. The lowest BCUT2D eigenvalue weighted by atomic mass is 10.3. The van der Waals surface area contributed by atoms with Gasteiger partial charge in [0.2, 0.25) is 0 Å². The smallest absolute Gasteiger partial charge is 0.271 e. The van der Waals surface area contributed by atoms with Crippen molar-refractivity contribution in [1.82, 2.24) is 5.32 Å². The molecule has 14 heavy (non-hydrogen) atoms. The molecule has 0 aliphatic heterocycles. The molecule has 0 radical (unpaired) electrons. The molecule has 0 fully saturated rings. The van der Waals surface area contributed by atoms with E-state index in [1.165, 1.54) is 7.11 Å². The highest BCUT2D eigenvalue weighted by Crippen LogP contribution is 1.98. The first-order valence-electron chi connectivity index (χ1n) is 4.68. The van der Waals surface area contributed by atoms with Crippen LogP contribution in [0.4, 0.5) is 0 Å². The average Bonchev–Trinajstić information content (AvgIpc) is 2.08. The second-order valence-corrected chi connectivity index (χ2v) is 4.85. The average molecular weight is 225 g/mol. The monoisotopic (exact) mass is 225 g/mol. The molecule has 1 unspecified atom stereocenters. The Morgan fingerprint density at radius 3 is 2.57 bits per heavy atom. The van der Waals surface area contributed by atoms with Crippen LogP contribution in [0.3, 0.4) is 0 Å². The second kappa shape index (κ2) is 7.17. The molecule has 0 aromatic rings. The Balaban J connectivity index is 3.87. The maximum Gasteiger partial charge on any atom is 0.271 e. The van der Waals surface area contributed by atoms with E-state index in [2.05, 4.69) is 12.2 Å². The van der Waals surface area contributed by atoms with Gasteiger partial charge in [-0.15, -0.1) is 0 Å². The lowest BCUT2D eigenvalue weighted by Gasteiger charge is -2.13. The lowest BCUT2D eigenvalue weighted by Crippen LogP contribution is -2.36. The van der Waals surface area contributed by atoms with Gasteiger partial charge in [-0.3, -0.25) is 4.55 Å². The summed E-state index contributed by atoms with van der Waals surface area (Å²) >= 11 is 0. The molecule has 0 aromatic heterocycles. The summed E-state index contributed by atoms with van der Waals surface area (Å²) in [6.45, 7) is 3.05. The molecule has 2 N–H and O–H groups in total. The van der Waals surface area contributed by atoms with Crippen LogP contribution in [0.5, 0.6) is 0 Å². The van der Waals surface area contributed by atoms with E-state index in [4.69, 9.17) is 9.29 Å². The van der Waals surface area contributed by atoms with Crippen molar-refractivity contribution < 1.29 is 17.7 Å². The zero-order valence-corrected chi connectivity index (χ0v) is 9.51. The van der Waals surface area contributed by atoms with E-state index in [1.54, 1.807) is 0 Å². The minimum Gasteiger partial charge on any atom is -0.383 e. The maximum absolute atomic E-state index is 10.8. The number of unbranched alkanes of at least 4 members (excludes halogenated alkanes) is 1. The van der Waals surface area contributed by atoms with Crippen LogP contribution < -0.4 is 5.32 Å². The van der Waals surface area contributed by atoms with E-state index in [1.807, 2.05) is 0 Å². The summed E-state index contributed by atoms with van der Waals surface area (Å²) in [5.41, 5.74) is 0. The quantitative estimate of drug-likeness (QED) is 0.458. The van der Waals surface area contributed by atoms with Crippen LogP contribution in [0.2, 0.25) is 0 Å². The van der Waals surface area contributed by atoms with Crippen LogP contribution in [0.25, 0.3) is 0 Å². The fourth-order valence-electron chi connectivity index (χ4n) is 1.00. The third kappa shape index (κ3) is 6.31. The predicted molar refractivity (Wildman–Crippen MR) is 55.0 cm³/mol. The first-order valence-corrected chi connectivity index (χ1v) is 6.18. The molecule has 0 aromatic carbocycles. The van der Waals surface area contributed by atoms with Crippen LogP contribution in [-0.4, -0.2) is 45.0 Å². The molecule has 0 saturated heterocycles. The molecule has 0 heterocycles. The third-order valence-corrected chi connectivity index (χ3v) is 3.00. The first kappa shape index (κ1) is 13.8. The molecule has 0 aliphatic carbocycles. The Kier molecular flexibility index (Phi) is 7.08.